The van der Waals surface area contributed by atoms with E-state index < -0.39 is 11.6 Å². The summed E-state index contributed by atoms with van der Waals surface area (Å²) >= 11 is 0. The molecule has 0 bridgehead atoms. The van der Waals surface area contributed by atoms with Crippen LogP contribution in [0, 0.1) is 11.6 Å². The second kappa shape index (κ2) is 7.55. The number of rotatable bonds is 3. The standard InChI is InChI=1S/C14H18F2N2O.ClH/c1-9-13(3-2-6-17-9)18-14(19)8-10-4-5-11(15)12(16)7-10;/h4-5,7,9,13,17H,2-3,6,8H2,1H3,(H,18,19);1H. The van der Waals surface area contributed by atoms with Gasteiger partial charge in [-0.15, -0.1) is 12.4 Å². The van der Waals surface area contributed by atoms with E-state index in [9.17, 15) is 13.6 Å². The van der Waals surface area contributed by atoms with Crippen LogP contribution in [0.5, 0.6) is 0 Å². The van der Waals surface area contributed by atoms with Crippen LogP contribution in [0.25, 0.3) is 0 Å². The van der Waals surface area contributed by atoms with Gasteiger partial charge in [0.05, 0.1) is 6.42 Å². The average molecular weight is 305 g/mol. The van der Waals surface area contributed by atoms with Crippen molar-refractivity contribution in [2.45, 2.75) is 38.3 Å². The Hall–Kier alpha value is -1.20. The van der Waals surface area contributed by atoms with Gasteiger partial charge in [-0.3, -0.25) is 4.79 Å². The van der Waals surface area contributed by atoms with E-state index in [1.165, 1.54) is 6.07 Å². The summed E-state index contributed by atoms with van der Waals surface area (Å²) in [6.07, 6.45) is 2.04. The van der Waals surface area contributed by atoms with E-state index in [0.29, 0.717) is 5.56 Å². The monoisotopic (exact) mass is 304 g/mol. The van der Waals surface area contributed by atoms with Crippen molar-refractivity contribution in [3.8, 4) is 0 Å². The largest absolute Gasteiger partial charge is 0.352 e. The first kappa shape index (κ1) is 16.9. The van der Waals surface area contributed by atoms with Crippen molar-refractivity contribution in [1.29, 1.82) is 0 Å². The Morgan fingerprint density at radius 1 is 1.40 bits per heavy atom. The van der Waals surface area contributed by atoms with Gasteiger partial charge in [-0.1, -0.05) is 6.07 Å². The minimum Gasteiger partial charge on any atom is -0.352 e. The Bertz CT molecular complexity index is 470. The quantitative estimate of drug-likeness (QED) is 0.899. The summed E-state index contributed by atoms with van der Waals surface area (Å²) in [7, 11) is 0. The molecular weight excluding hydrogens is 286 g/mol. The van der Waals surface area contributed by atoms with Crippen molar-refractivity contribution in [3.63, 3.8) is 0 Å². The molecule has 1 aliphatic heterocycles. The van der Waals surface area contributed by atoms with E-state index in [1.54, 1.807) is 0 Å². The van der Waals surface area contributed by atoms with Crippen molar-refractivity contribution in [1.82, 2.24) is 10.6 Å². The third-order valence-corrected chi connectivity index (χ3v) is 3.46. The van der Waals surface area contributed by atoms with Crippen molar-refractivity contribution >= 4 is 18.3 Å². The normalized spacial score (nSPS) is 21.9. The van der Waals surface area contributed by atoms with Gasteiger partial charge in [0.1, 0.15) is 0 Å². The summed E-state index contributed by atoms with van der Waals surface area (Å²) in [6, 6.07) is 3.88. The molecule has 1 heterocycles. The fourth-order valence-electron chi connectivity index (χ4n) is 2.33. The van der Waals surface area contributed by atoms with Crippen molar-refractivity contribution in [3.05, 3.63) is 35.4 Å². The number of halogens is 3. The van der Waals surface area contributed by atoms with E-state index in [0.717, 1.165) is 31.5 Å². The number of benzene rings is 1. The lowest BCUT2D eigenvalue weighted by Crippen LogP contribution is -2.52. The van der Waals surface area contributed by atoms with Gasteiger partial charge in [-0.25, -0.2) is 8.78 Å². The summed E-state index contributed by atoms with van der Waals surface area (Å²) in [4.78, 5) is 11.9. The number of piperidine rings is 1. The van der Waals surface area contributed by atoms with Gasteiger partial charge in [0, 0.05) is 12.1 Å². The molecule has 1 aliphatic rings. The molecule has 0 spiro atoms. The lowest BCUT2D eigenvalue weighted by Gasteiger charge is -2.30. The first-order chi connectivity index (χ1) is 9.06. The fraction of sp³-hybridized carbons (Fsp3) is 0.500. The Balaban J connectivity index is 0.00000200. The molecule has 6 heteroatoms. The van der Waals surface area contributed by atoms with Crippen LogP contribution in [-0.2, 0) is 11.2 Å². The Morgan fingerprint density at radius 3 is 2.80 bits per heavy atom. The fourth-order valence-corrected chi connectivity index (χ4v) is 2.33. The molecule has 20 heavy (non-hydrogen) atoms. The summed E-state index contributed by atoms with van der Waals surface area (Å²) in [5, 5.41) is 6.23. The molecule has 3 nitrogen and oxygen atoms in total. The van der Waals surface area contributed by atoms with Gasteiger partial charge in [0.2, 0.25) is 5.91 Å². The van der Waals surface area contributed by atoms with Crippen LogP contribution in [0.3, 0.4) is 0 Å². The van der Waals surface area contributed by atoms with Gasteiger partial charge in [-0.2, -0.15) is 0 Å². The van der Waals surface area contributed by atoms with Crippen LogP contribution in [0.4, 0.5) is 8.78 Å². The molecule has 1 saturated heterocycles. The molecule has 0 radical (unpaired) electrons. The van der Waals surface area contributed by atoms with Crippen molar-refractivity contribution < 1.29 is 13.6 Å². The zero-order valence-corrected chi connectivity index (χ0v) is 12.1. The maximum absolute atomic E-state index is 13.0. The Labute approximate surface area is 123 Å². The molecule has 0 aliphatic carbocycles. The number of hydrogen-bond donors (Lipinski definition) is 2. The van der Waals surface area contributed by atoms with Crippen LogP contribution < -0.4 is 10.6 Å². The van der Waals surface area contributed by atoms with Crippen LogP contribution in [0.1, 0.15) is 25.3 Å². The van der Waals surface area contributed by atoms with E-state index in [2.05, 4.69) is 10.6 Å². The van der Waals surface area contributed by atoms with Gasteiger partial charge in [-0.05, 0) is 44.0 Å². The maximum Gasteiger partial charge on any atom is 0.224 e. The third-order valence-electron chi connectivity index (χ3n) is 3.46. The summed E-state index contributed by atoms with van der Waals surface area (Å²) in [5.41, 5.74) is 0.479. The lowest BCUT2D eigenvalue weighted by molar-refractivity contribution is -0.121. The average Bonchev–Trinajstić information content (AvgIpc) is 2.37. The van der Waals surface area contributed by atoms with Gasteiger partial charge in [0.25, 0.3) is 0 Å². The molecule has 1 aromatic carbocycles. The highest BCUT2D eigenvalue weighted by molar-refractivity contribution is 5.85. The Kier molecular flexibility index (Phi) is 6.36. The highest BCUT2D eigenvalue weighted by Gasteiger charge is 2.22. The predicted molar refractivity (Wildman–Crippen MR) is 75.9 cm³/mol. The SMILES string of the molecule is CC1NCCCC1NC(=O)Cc1ccc(F)c(F)c1.Cl. The van der Waals surface area contributed by atoms with Gasteiger partial charge in [0.15, 0.2) is 11.6 Å². The van der Waals surface area contributed by atoms with E-state index in [1.807, 2.05) is 6.92 Å². The number of carbonyl (C=O) groups is 1. The van der Waals surface area contributed by atoms with Crippen LogP contribution in [0.2, 0.25) is 0 Å². The van der Waals surface area contributed by atoms with E-state index in [-0.39, 0.29) is 36.8 Å². The Morgan fingerprint density at radius 2 is 2.15 bits per heavy atom. The predicted octanol–water partition coefficient (Wildman–Crippen LogP) is 2.19. The van der Waals surface area contributed by atoms with Crippen molar-refractivity contribution in [2.24, 2.45) is 0 Å². The van der Waals surface area contributed by atoms with Crippen LogP contribution >= 0.6 is 12.4 Å². The molecule has 2 N–H and O–H groups in total. The smallest absolute Gasteiger partial charge is 0.224 e. The van der Waals surface area contributed by atoms with Crippen LogP contribution in [0.15, 0.2) is 18.2 Å². The minimum atomic E-state index is -0.919. The molecule has 112 valence electrons. The van der Waals surface area contributed by atoms with Crippen molar-refractivity contribution in [2.75, 3.05) is 6.54 Å². The number of amides is 1. The first-order valence-corrected chi connectivity index (χ1v) is 6.53. The number of nitrogens with one attached hydrogen (secondary N) is 2. The first-order valence-electron chi connectivity index (χ1n) is 6.53. The molecule has 0 aromatic heterocycles. The molecule has 1 fully saturated rings. The highest BCUT2D eigenvalue weighted by atomic mass is 35.5. The maximum atomic E-state index is 13.0. The molecule has 2 rings (SSSR count). The van der Waals surface area contributed by atoms with Crippen LogP contribution in [-0.4, -0.2) is 24.5 Å². The lowest BCUT2D eigenvalue weighted by atomic mass is 9.99. The van der Waals surface area contributed by atoms with E-state index >= 15 is 0 Å². The molecular formula is C14H19ClF2N2O. The number of carbonyl (C=O) groups excluding carboxylic acids is 1. The minimum absolute atomic E-state index is 0. The summed E-state index contributed by atoms with van der Waals surface area (Å²) < 4.78 is 25.8. The molecule has 0 saturated carbocycles. The topological polar surface area (TPSA) is 41.1 Å². The third kappa shape index (κ3) is 4.42. The molecule has 2 unspecified atom stereocenters. The molecule has 2 atom stereocenters. The second-order valence-corrected chi connectivity index (χ2v) is 4.98. The zero-order valence-electron chi connectivity index (χ0n) is 11.3. The molecule has 1 aromatic rings. The number of hydrogen-bond acceptors (Lipinski definition) is 2. The second-order valence-electron chi connectivity index (χ2n) is 4.98. The van der Waals surface area contributed by atoms with E-state index in [4.69, 9.17) is 0 Å². The van der Waals surface area contributed by atoms with Gasteiger partial charge >= 0.3 is 0 Å². The zero-order chi connectivity index (χ0) is 13.8. The van der Waals surface area contributed by atoms with Gasteiger partial charge < -0.3 is 10.6 Å². The highest BCUT2D eigenvalue weighted by Crippen LogP contribution is 2.11. The summed E-state index contributed by atoms with van der Waals surface area (Å²) in [5.74, 6) is -1.97. The molecule has 1 amide bonds. The summed E-state index contributed by atoms with van der Waals surface area (Å²) in [6.45, 7) is 3.00.